The molecular formula is C52H92F6N4O24S2. The average Bonchev–Trinajstić information content (AvgIpc) is 1.39. The number of imidazole rings is 1. The van der Waals surface area contributed by atoms with Crippen molar-refractivity contribution < 1.29 is 142 Å². The van der Waals surface area contributed by atoms with Gasteiger partial charge in [0.25, 0.3) is 0 Å². The first-order valence-corrected chi connectivity index (χ1v) is 31.2. The molecule has 0 atom stereocenters. The first kappa shape index (κ1) is 82.7. The van der Waals surface area contributed by atoms with Crippen LogP contribution in [0.4, 0.5) is 32.0 Å². The summed E-state index contributed by atoms with van der Waals surface area (Å²) in [4.78, 5) is 0. The highest BCUT2D eigenvalue weighted by molar-refractivity contribution is 8.13. The van der Waals surface area contributed by atoms with Crippen LogP contribution in [0.3, 0.4) is 0 Å². The molecule has 0 unspecified atom stereocenters. The molecular weight excluding hydrogens is 1240 g/mol. The van der Waals surface area contributed by atoms with Crippen LogP contribution in [0.2, 0.25) is 0 Å². The number of hydrogen-bond acceptors (Lipinski definition) is 25. The maximum Gasteiger partial charge on any atom is 0.480 e. The number of nitrogens with two attached hydrogens (primary N) is 1. The van der Waals surface area contributed by atoms with Gasteiger partial charge < -0.3 is 105 Å². The lowest BCUT2D eigenvalue weighted by atomic mass is 10.3. The number of nitrogens with zero attached hydrogens (tertiary/aromatic N) is 3. The van der Waals surface area contributed by atoms with Gasteiger partial charge >= 0.3 is 11.0 Å². The maximum atomic E-state index is 11.4. The summed E-state index contributed by atoms with van der Waals surface area (Å²) in [5.74, 6) is 0.767. The molecule has 0 bridgehead atoms. The number of ether oxygens (including phenoxy) is 20. The molecule has 0 radical (unpaired) electrons. The number of benzene rings is 1. The fraction of sp³-hybridized carbons (Fsp3) is 0.827. The molecule has 88 heavy (non-hydrogen) atoms. The molecule has 0 aliphatic heterocycles. The molecule has 2 rings (SSSR count). The van der Waals surface area contributed by atoms with E-state index >= 15 is 0 Å². The second kappa shape index (κ2) is 56.5. The second-order valence-corrected chi connectivity index (χ2v) is 20.7. The quantitative estimate of drug-likeness (QED) is 0.0430. The Morgan fingerprint density at radius 1 is 0.364 bits per heavy atom. The van der Waals surface area contributed by atoms with E-state index in [9.17, 15) is 43.2 Å². The molecule has 36 heteroatoms. The Bertz CT molecular complexity index is 2040. The highest BCUT2D eigenvalue weighted by Crippen LogP contribution is 2.36. The van der Waals surface area contributed by atoms with Crippen molar-refractivity contribution in [3.63, 3.8) is 0 Å². The van der Waals surface area contributed by atoms with E-state index in [-0.39, 0.29) is 0 Å². The fourth-order valence-electron chi connectivity index (χ4n) is 5.86. The zero-order valence-electron chi connectivity index (χ0n) is 50.1. The van der Waals surface area contributed by atoms with Crippen LogP contribution in [-0.4, -0.2) is 290 Å². The van der Waals surface area contributed by atoms with Crippen LogP contribution in [0.25, 0.3) is 4.13 Å². The summed E-state index contributed by atoms with van der Waals surface area (Å²) in [6.07, 6.45) is 6.04. The minimum absolute atomic E-state index is 0.468. The summed E-state index contributed by atoms with van der Waals surface area (Å²) in [6, 6.07) is 7.26. The molecule has 2 N–H and O–H groups in total. The van der Waals surface area contributed by atoms with Gasteiger partial charge in [0.1, 0.15) is 31.3 Å². The summed E-state index contributed by atoms with van der Waals surface area (Å²) in [6.45, 7) is 20.5. The average molecular weight is 1340 g/mol. The molecule has 0 fully saturated rings. The molecule has 0 aliphatic carbocycles. The van der Waals surface area contributed by atoms with Gasteiger partial charge in [-0.3, -0.25) is 0 Å². The number of hydrogen-bond donors (Lipinski definition) is 1. The lowest BCUT2D eigenvalue weighted by molar-refractivity contribution is -0.671. The van der Waals surface area contributed by atoms with Crippen LogP contribution in [0, 0.1) is 0 Å². The van der Waals surface area contributed by atoms with Crippen molar-refractivity contribution in [1.82, 2.24) is 4.57 Å². The summed E-state index contributed by atoms with van der Waals surface area (Å²) in [5, 5.41) is 0. The monoisotopic (exact) mass is 1330 g/mol. The van der Waals surface area contributed by atoms with E-state index in [4.69, 9.17) is 100 Å². The van der Waals surface area contributed by atoms with Crippen LogP contribution in [0.15, 0.2) is 43.0 Å². The van der Waals surface area contributed by atoms with Gasteiger partial charge in [-0.15, -0.1) is 0 Å². The van der Waals surface area contributed by atoms with E-state index in [0.717, 1.165) is 16.4 Å². The topological polar surface area (TPSA) is 302 Å². The molecule has 0 spiro atoms. The number of anilines is 1. The normalized spacial score (nSPS) is 12.3. The van der Waals surface area contributed by atoms with Crippen molar-refractivity contribution in [2.45, 2.75) is 17.6 Å². The Morgan fingerprint density at radius 2 is 0.568 bits per heavy atom. The molecule has 0 saturated heterocycles. The highest BCUT2D eigenvalue weighted by atomic mass is 32.3. The Hall–Kier alpha value is -3.29. The van der Waals surface area contributed by atoms with Gasteiger partial charge in [0.15, 0.2) is 20.0 Å². The molecule has 1 heterocycles. The molecule has 1 aromatic heterocycles. The molecule has 0 amide bonds. The third-order valence-corrected chi connectivity index (χ3v) is 12.9. The van der Waals surface area contributed by atoms with E-state index in [0.29, 0.717) is 263 Å². The van der Waals surface area contributed by atoms with Crippen molar-refractivity contribution in [3.05, 3.63) is 47.1 Å². The first-order valence-electron chi connectivity index (χ1n) is 28.3. The van der Waals surface area contributed by atoms with Gasteiger partial charge in [-0.05, 0) is 24.3 Å². The summed E-state index contributed by atoms with van der Waals surface area (Å²) < 4.78 is 224. The Labute approximate surface area is 512 Å². The predicted octanol–water partition coefficient (Wildman–Crippen LogP) is 2.35. The van der Waals surface area contributed by atoms with E-state index in [1.54, 1.807) is 12.1 Å². The predicted molar refractivity (Wildman–Crippen MR) is 301 cm³/mol. The second-order valence-electron chi connectivity index (χ2n) is 17.3. The SMILES string of the molecule is C[n+]1ccn(CCOCCOCCOCCOCCOCCOCCOCCOCCOCCOCCOCCOCCOCCOCCOCCOCCOCCOCCOCCOc2ccc(N)cc2)c1.O=S(=O)([N-]S(=O)(=O)C(F)(F)F)C(F)(F)F. The van der Waals surface area contributed by atoms with Crippen molar-refractivity contribution >= 4 is 25.7 Å². The Kier molecular flexibility index (Phi) is 53.1. The van der Waals surface area contributed by atoms with Gasteiger partial charge in [0, 0.05) is 5.69 Å². The lowest BCUT2D eigenvalue weighted by Gasteiger charge is -2.22. The maximum absolute atomic E-state index is 11.4. The number of rotatable bonds is 63. The minimum atomic E-state index is -6.72. The molecule has 1 aromatic carbocycles. The van der Waals surface area contributed by atoms with Gasteiger partial charge in [-0.2, -0.15) is 26.3 Å². The van der Waals surface area contributed by atoms with Crippen LogP contribution >= 0.6 is 0 Å². The van der Waals surface area contributed by atoms with E-state index in [2.05, 4.69) is 4.57 Å². The Morgan fingerprint density at radius 3 is 0.761 bits per heavy atom. The molecule has 2 aromatic rings. The smallest absolute Gasteiger partial charge is 0.480 e. The minimum Gasteiger partial charge on any atom is -0.491 e. The summed E-state index contributed by atoms with van der Waals surface area (Å²) in [5.41, 5.74) is -6.04. The third kappa shape index (κ3) is 52.3. The fourth-order valence-corrected chi connectivity index (χ4v) is 7.57. The molecule has 518 valence electrons. The molecule has 0 aliphatic rings. The van der Waals surface area contributed by atoms with Gasteiger partial charge in [-0.1, -0.05) is 0 Å². The van der Waals surface area contributed by atoms with Crippen molar-refractivity contribution in [2.75, 3.05) is 263 Å². The third-order valence-electron chi connectivity index (χ3n) is 10.2. The number of alkyl halides is 6. The van der Waals surface area contributed by atoms with Gasteiger partial charge in [-0.25, -0.2) is 26.0 Å². The first-order chi connectivity index (χ1) is 42.4. The van der Waals surface area contributed by atoms with E-state index in [1.807, 2.05) is 42.5 Å². The number of nitrogen functional groups attached to an aromatic ring is 1. The lowest BCUT2D eigenvalue weighted by Crippen LogP contribution is -2.30. The van der Waals surface area contributed by atoms with Crippen molar-refractivity contribution in [1.29, 1.82) is 0 Å². The largest absolute Gasteiger partial charge is 0.491 e. The van der Waals surface area contributed by atoms with Gasteiger partial charge in [0.2, 0.25) is 6.33 Å². The zero-order chi connectivity index (χ0) is 64.4. The van der Waals surface area contributed by atoms with Crippen LogP contribution in [0.5, 0.6) is 5.75 Å². The highest BCUT2D eigenvalue weighted by Gasteiger charge is 2.47. The summed E-state index contributed by atoms with van der Waals surface area (Å²) in [7, 11) is -11.4. The Balaban J connectivity index is 0.00000226. The van der Waals surface area contributed by atoms with Crippen molar-refractivity contribution in [2.24, 2.45) is 7.05 Å². The van der Waals surface area contributed by atoms with E-state index < -0.39 is 31.1 Å². The number of sulfonamides is 2. The molecule has 28 nitrogen and oxygen atoms in total. The van der Waals surface area contributed by atoms with Crippen LogP contribution < -0.4 is 15.0 Å². The number of halogens is 6. The number of aromatic nitrogens is 2. The van der Waals surface area contributed by atoms with Gasteiger partial charge in [0.05, 0.1) is 258 Å². The molecule has 0 saturated carbocycles. The van der Waals surface area contributed by atoms with Crippen LogP contribution in [-0.2, 0) is 124 Å². The zero-order valence-corrected chi connectivity index (χ0v) is 51.8. The van der Waals surface area contributed by atoms with Crippen LogP contribution in [0.1, 0.15) is 0 Å². The van der Waals surface area contributed by atoms with Crippen molar-refractivity contribution in [3.8, 4) is 5.75 Å². The standard InChI is InChI=1S/C50H92N3O20.C2F6NO4S2/c1-52-6-7-53(48-52)8-9-54-10-11-55-12-13-56-14-15-57-16-17-58-18-19-59-20-21-60-22-23-61-24-25-62-26-27-63-28-29-64-30-31-65-32-33-66-34-35-67-36-37-68-38-39-69-40-41-70-42-43-71-44-45-72-46-47-73-50-4-2-49(51)3-5-50;3-1(4,5)14(10,11)9-15(12,13)2(6,7)8/h2-7,48H,8-47,51H2,1H3;/q+1;-1. The number of aryl methyl sites for hydroxylation is 1. The summed E-state index contributed by atoms with van der Waals surface area (Å²) >= 11 is 0. The van der Waals surface area contributed by atoms with E-state index in [1.165, 1.54) is 0 Å².